The number of hydrogen-bond acceptors (Lipinski definition) is 6. The number of carbonyl (C=O) groups excluding carboxylic acids is 2. The number of aryl methyl sites for hydroxylation is 1. The van der Waals surface area contributed by atoms with E-state index >= 15 is 0 Å². The van der Waals surface area contributed by atoms with Crippen molar-refractivity contribution in [3.8, 4) is 11.4 Å². The maximum absolute atomic E-state index is 13.0. The molecule has 1 N–H and O–H groups in total. The zero-order chi connectivity index (χ0) is 23.1. The Morgan fingerprint density at radius 2 is 1.78 bits per heavy atom. The van der Waals surface area contributed by atoms with Crippen LogP contribution < -0.4 is 15.6 Å². The molecule has 0 aliphatic rings. The first-order valence-electron chi connectivity index (χ1n) is 9.90. The van der Waals surface area contributed by atoms with Crippen molar-refractivity contribution in [2.24, 2.45) is 0 Å². The van der Waals surface area contributed by atoms with E-state index in [1.165, 1.54) is 12.1 Å². The summed E-state index contributed by atoms with van der Waals surface area (Å²) < 4.78 is 24.5. The monoisotopic (exact) mass is 439 g/mol. The van der Waals surface area contributed by atoms with Crippen LogP contribution in [0.25, 0.3) is 5.69 Å². The average Bonchev–Trinajstić information content (AvgIpc) is 2.78. The fraction of sp³-hybridized carbons (Fsp3) is 0.217. The molecule has 32 heavy (non-hydrogen) atoms. The van der Waals surface area contributed by atoms with Gasteiger partial charge in [-0.1, -0.05) is 29.8 Å². The zero-order valence-corrected chi connectivity index (χ0v) is 17.6. The molecule has 166 valence electrons. The van der Waals surface area contributed by atoms with Gasteiger partial charge in [0.15, 0.2) is 12.4 Å². The maximum atomic E-state index is 13.0. The Morgan fingerprint density at radius 1 is 1.09 bits per heavy atom. The van der Waals surface area contributed by atoms with Crippen LogP contribution in [0.4, 0.5) is 4.39 Å². The van der Waals surface area contributed by atoms with Crippen molar-refractivity contribution in [2.75, 3.05) is 13.2 Å². The van der Waals surface area contributed by atoms with E-state index in [9.17, 15) is 18.8 Å². The number of esters is 1. The van der Waals surface area contributed by atoms with Crippen LogP contribution in [0, 0.1) is 12.7 Å². The van der Waals surface area contributed by atoms with Gasteiger partial charge in [0.05, 0.1) is 18.4 Å². The number of carbonyl (C=O) groups is 2. The van der Waals surface area contributed by atoms with Gasteiger partial charge in [0.25, 0.3) is 11.5 Å². The lowest BCUT2D eigenvalue weighted by atomic mass is 10.2. The minimum absolute atomic E-state index is 0.0990. The van der Waals surface area contributed by atoms with E-state index in [1.54, 1.807) is 31.2 Å². The topological polar surface area (TPSA) is 99.5 Å². The molecule has 3 aromatic rings. The first kappa shape index (κ1) is 22.7. The molecule has 0 aliphatic carbocycles. The van der Waals surface area contributed by atoms with Crippen LogP contribution in [-0.2, 0) is 16.1 Å². The highest BCUT2D eigenvalue weighted by molar-refractivity contribution is 5.90. The standard InChI is InChI=1S/C23H22FN3O5/c1-3-31-23(30)22-19(12-21(29)27(26-22)18-10-4-15(2)5-11-18)32-14-20(28)25-13-16-6-8-17(24)9-7-16/h4-12H,3,13-14H2,1-2H3,(H,25,28). The van der Waals surface area contributed by atoms with Gasteiger partial charge in [0, 0.05) is 6.54 Å². The van der Waals surface area contributed by atoms with Crippen LogP contribution in [0.5, 0.6) is 5.75 Å². The summed E-state index contributed by atoms with van der Waals surface area (Å²) in [7, 11) is 0. The fourth-order valence-corrected chi connectivity index (χ4v) is 2.76. The van der Waals surface area contributed by atoms with Crippen LogP contribution >= 0.6 is 0 Å². The molecule has 1 aromatic heterocycles. The van der Waals surface area contributed by atoms with Gasteiger partial charge in [-0.05, 0) is 43.7 Å². The van der Waals surface area contributed by atoms with Gasteiger partial charge in [0.1, 0.15) is 5.82 Å². The minimum atomic E-state index is -0.782. The smallest absolute Gasteiger partial charge is 0.362 e. The fourth-order valence-electron chi connectivity index (χ4n) is 2.76. The Morgan fingerprint density at radius 3 is 2.44 bits per heavy atom. The number of ether oxygens (including phenoxy) is 2. The van der Waals surface area contributed by atoms with E-state index in [0.717, 1.165) is 16.3 Å². The highest BCUT2D eigenvalue weighted by Crippen LogP contribution is 2.16. The molecular weight excluding hydrogens is 417 g/mol. The van der Waals surface area contributed by atoms with Crippen molar-refractivity contribution in [1.29, 1.82) is 0 Å². The zero-order valence-electron chi connectivity index (χ0n) is 17.6. The molecule has 1 heterocycles. The number of benzene rings is 2. The van der Waals surface area contributed by atoms with Crippen LogP contribution in [0.3, 0.4) is 0 Å². The number of hydrogen-bond donors (Lipinski definition) is 1. The molecule has 9 heteroatoms. The Hall–Kier alpha value is -4.01. The lowest BCUT2D eigenvalue weighted by Crippen LogP contribution is -2.30. The Kier molecular flexibility index (Phi) is 7.33. The number of amides is 1. The van der Waals surface area contributed by atoms with Gasteiger partial charge in [-0.2, -0.15) is 9.78 Å². The predicted octanol–water partition coefficient (Wildman–Crippen LogP) is 2.55. The van der Waals surface area contributed by atoms with Crippen molar-refractivity contribution in [1.82, 2.24) is 15.1 Å². The van der Waals surface area contributed by atoms with E-state index in [0.29, 0.717) is 11.3 Å². The molecule has 3 rings (SSSR count). The summed E-state index contributed by atoms with van der Waals surface area (Å²) >= 11 is 0. The molecule has 8 nitrogen and oxygen atoms in total. The maximum Gasteiger partial charge on any atom is 0.362 e. The molecule has 0 fully saturated rings. The third-order valence-electron chi connectivity index (χ3n) is 4.41. The van der Waals surface area contributed by atoms with E-state index in [2.05, 4.69) is 10.4 Å². The Balaban J connectivity index is 1.76. The third-order valence-corrected chi connectivity index (χ3v) is 4.41. The second-order valence-corrected chi connectivity index (χ2v) is 6.86. The van der Waals surface area contributed by atoms with Gasteiger partial charge in [-0.3, -0.25) is 9.59 Å². The summed E-state index contributed by atoms with van der Waals surface area (Å²) in [4.78, 5) is 37.1. The second-order valence-electron chi connectivity index (χ2n) is 6.86. The average molecular weight is 439 g/mol. The molecule has 0 saturated carbocycles. The first-order chi connectivity index (χ1) is 15.4. The number of nitrogens with zero attached hydrogens (tertiary/aromatic N) is 2. The van der Waals surface area contributed by atoms with Crippen LogP contribution in [0.15, 0.2) is 59.4 Å². The normalized spacial score (nSPS) is 10.5. The molecule has 2 aromatic carbocycles. The molecule has 0 atom stereocenters. The molecule has 0 unspecified atom stereocenters. The second kappa shape index (κ2) is 10.3. The van der Waals surface area contributed by atoms with Gasteiger partial charge >= 0.3 is 5.97 Å². The SMILES string of the molecule is CCOC(=O)c1nn(-c2ccc(C)cc2)c(=O)cc1OCC(=O)NCc1ccc(F)cc1. The van der Waals surface area contributed by atoms with Crippen molar-refractivity contribution in [2.45, 2.75) is 20.4 Å². The molecule has 0 saturated heterocycles. The molecule has 1 amide bonds. The highest BCUT2D eigenvalue weighted by Gasteiger charge is 2.20. The first-order valence-corrected chi connectivity index (χ1v) is 9.90. The third kappa shape index (κ3) is 5.78. The van der Waals surface area contributed by atoms with E-state index in [1.807, 2.05) is 19.1 Å². The summed E-state index contributed by atoms with van der Waals surface area (Å²) in [5.41, 5.74) is 1.41. The number of halogens is 1. The van der Waals surface area contributed by atoms with E-state index in [-0.39, 0.29) is 30.4 Å². The minimum Gasteiger partial charge on any atom is -0.481 e. The van der Waals surface area contributed by atoms with Crippen molar-refractivity contribution in [3.05, 3.63) is 87.6 Å². The largest absolute Gasteiger partial charge is 0.481 e. The van der Waals surface area contributed by atoms with Crippen LogP contribution in [0.1, 0.15) is 28.5 Å². The molecule has 0 spiro atoms. The van der Waals surface area contributed by atoms with Crippen molar-refractivity contribution >= 4 is 11.9 Å². The number of aromatic nitrogens is 2. The number of rotatable bonds is 8. The lowest BCUT2D eigenvalue weighted by Gasteiger charge is -2.13. The van der Waals surface area contributed by atoms with Crippen molar-refractivity contribution < 1.29 is 23.5 Å². The Labute approximate surface area is 183 Å². The van der Waals surface area contributed by atoms with E-state index < -0.39 is 24.0 Å². The molecule has 0 aliphatic heterocycles. The van der Waals surface area contributed by atoms with Crippen LogP contribution in [-0.4, -0.2) is 34.9 Å². The molecular formula is C23H22FN3O5. The Bertz CT molecular complexity index is 1160. The van der Waals surface area contributed by atoms with Gasteiger partial charge in [-0.15, -0.1) is 0 Å². The summed E-state index contributed by atoms with van der Waals surface area (Å²) in [5, 5.41) is 6.72. The summed E-state index contributed by atoms with van der Waals surface area (Å²) in [5.74, 6) is -1.81. The van der Waals surface area contributed by atoms with Gasteiger partial charge in [-0.25, -0.2) is 9.18 Å². The van der Waals surface area contributed by atoms with Crippen molar-refractivity contribution in [3.63, 3.8) is 0 Å². The van der Waals surface area contributed by atoms with Crippen LogP contribution in [0.2, 0.25) is 0 Å². The number of nitrogens with one attached hydrogen (secondary N) is 1. The molecule has 0 radical (unpaired) electrons. The predicted molar refractivity (Wildman–Crippen MR) is 114 cm³/mol. The van der Waals surface area contributed by atoms with Gasteiger partial charge in [0.2, 0.25) is 5.69 Å². The lowest BCUT2D eigenvalue weighted by molar-refractivity contribution is -0.123. The molecule has 0 bridgehead atoms. The highest BCUT2D eigenvalue weighted by atomic mass is 19.1. The summed E-state index contributed by atoms with van der Waals surface area (Å²) in [6, 6.07) is 13.8. The summed E-state index contributed by atoms with van der Waals surface area (Å²) in [6.07, 6.45) is 0. The quantitative estimate of drug-likeness (QED) is 0.542. The summed E-state index contributed by atoms with van der Waals surface area (Å²) in [6.45, 7) is 3.35. The van der Waals surface area contributed by atoms with E-state index in [4.69, 9.17) is 9.47 Å². The van der Waals surface area contributed by atoms with Gasteiger partial charge < -0.3 is 14.8 Å².